The van der Waals surface area contributed by atoms with E-state index in [-0.39, 0.29) is 0 Å². The van der Waals surface area contributed by atoms with E-state index in [1.165, 1.54) is 113 Å². The largest absolute Gasteiger partial charge is 0.310 e. The second-order valence-corrected chi connectivity index (χ2v) is 19.1. The molecular weight excluding hydrogens is 853 g/mol. The van der Waals surface area contributed by atoms with E-state index in [9.17, 15) is 0 Å². The van der Waals surface area contributed by atoms with Crippen molar-refractivity contribution in [2.75, 3.05) is 4.90 Å². The fourth-order valence-electron chi connectivity index (χ4n) is 11.0. The molecule has 3 heteroatoms. The summed E-state index contributed by atoms with van der Waals surface area (Å²) in [6, 6.07) is 93.8. The van der Waals surface area contributed by atoms with Crippen molar-refractivity contribution in [3.05, 3.63) is 255 Å². The fraction of sp³-hybridized carbons (Fsp3) is 0. The van der Waals surface area contributed by atoms with Crippen LogP contribution in [-0.2, 0) is 0 Å². The zero-order valence-electron chi connectivity index (χ0n) is 37.6. The Hall–Kier alpha value is -8.76. The van der Waals surface area contributed by atoms with Crippen LogP contribution in [0.15, 0.2) is 255 Å². The van der Waals surface area contributed by atoms with Crippen LogP contribution < -0.4 is 4.90 Å². The van der Waals surface area contributed by atoms with Gasteiger partial charge in [-0.25, -0.2) is 0 Å². The predicted octanol–water partition coefficient (Wildman–Crippen LogP) is 19.1. The lowest BCUT2D eigenvalue weighted by molar-refractivity contribution is 1.18. The molecule has 2 heterocycles. The van der Waals surface area contributed by atoms with Crippen molar-refractivity contribution in [2.45, 2.75) is 0 Å². The van der Waals surface area contributed by atoms with Crippen molar-refractivity contribution in [1.82, 2.24) is 4.57 Å². The Labute approximate surface area is 403 Å². The maximum Gasteiger partial charge on any atom is 0.0555 e. The second kappa shape index (κ2) is 16.0. The van der Waals surface area contributed by atoms with E-state index in [1.807, 2.05) is 11.3 Å². The van der Waals surface area contributed by atoms with E-state index in [4.69, 9.17) is 0 Å². The van der Waals surface area contributed by atoms with Crippen molar-refractivity contribution in [3.63, 3.8) is 0 Å². The maximum absolute atomic E-state index is 2.47. The summed E-state index contributed by atoms with van der Waals surface area (Å²) in [6.45, 7) is 0. The first-order valence-electron chi connectivity index (χ1n) is 23.7. The number of hydrogen-bond donors (Lipinski definition) is 0. The van der Waals surface area contributed by atoms with Crippen LogP contribution in [0.1, 0.15) is 0 Å². The molecule has 0 radical (unpaired) electrons. The third-order valence-corrected chi connectivity index (χ3v) is 15.4. The zero-order chi connectivity index (χ0) is 45.4. The molecule has 0 aliphatic rings. The van der Waals surface area contributed by atoms with Crippen LogP contribution in [0.2, 0.25) is 0 Å². The van der Waals surface area contributed by atoms with Crippen molar-refractivity contribution in [3.8, 4) is 39.1 Å². The standard InChI is InChI=1S/C66H42N2S/c1-2-16-46-41-47(30-29-43(46)15-1)44-31-35-49(36-32-44)67(50-37-33-45(34-38-50)59-42-48-17-3-4-18-51(48)52-19-5-6-20-53(52)59)63-40-39-57(66-65(63)58-24-10-14-28-64(58)69-66)56-23-9-13-27-62(56)68-60-25-11-7-21-54(60)55-22-8-12-26-61(55)68/h1-42H. The van der Waals surface area contributed by atoms with Gasteiger partial charge in [0.25, 0.3) is 0 Å². The predicted molar refractivity (Wildman–Crippen MR) is 297 cm³/mol. The molecule has 0 aliphatic heterocycles. The van der Waals surface area contributed by atoms with Gasteiger partial charge in [-0.05, 0) is 121 Å². The molecular formula is C66H42N2S. The number of para-hydroxylation sites is 3. The Bertz CT molecular complexity index is 4260. The number of rotatable bonds is 7. The van der Waals surface area contributed by atoms with Gasteiger partial charge >= 0.3 is 0 Å². The van der Waals surface area contributed by atoms with Gasteiger partial charge in [0.2, 0.25) is 0 Å². The van der Waals surface area contributed by atoms with Gasteiger partial charge in [0.05, 0.1) is 22.4 Å². The number of fused-ring (bicyclic) bond motifs is 10. The SMILES string of the molecule is c1ccc(-n2c3ccccc3c3ccccc32)c(-c2ccc(N(c3ccc(-c4ccc5ccccc5c4)cc3)c3ccc(-c4cc5ccccc5c5ccccc45)cc3)c3c2sc2ccccc23)c1. The molecule has 0 aliphatic carbocycles. The van der Waals surface area contributed by atoms with Gasteiger partial charge in [0.15, 0.2) is 0 Å². The summed E-state index contributed by atoms with van der Waals surface area (Å²) in [5.41, 5.74) is 14.1. The first-order chi connectivity index (χ1) is 34.2. The third kappa shape index (κ3) is 6.39. The molecule has 0 N–H and O–H groups in total. The Kier molecular flexibility index (Phi) is 9.11. The topological polar surface area (TPSA) is 8.17 Å². The van der Waals surface area contributed by atoms with Gasteiger partial charge in [-0.3, -0.25) is 0 Å². The summed E-state index contributed by atoms with van der Waals surface area (Å²) in [5, 5.41) is 12.6. The number of thiophene rings is 1. The Balaban J connectivity index is 0.974. The maximum atomic E-state index is 2.47. The monoisotopic (exact) mass is 894 g/mol. The first kappa shape index (κ1) is 39.4. The van der Waals surface area contributed by atoms with E-state index >= 15 is 0 Å². The second-order valence-electron chi connectivity index (χ2n) is 18.0. The van der Waals surface area contributed by atoms with Crippen LogP contribution in [0.3, 0.4) is 0 Å². The van der Waals surface area contributed by atoms with Crippen molar-refractivity contribution >= 4 is 103 Å². The molecule has 0 spiro atoms. The van der Waals surface area contributed by atoms with Gasteiger partial charge < -0.3 is 9.47 Å². The number of anilines is 3. The van der Waals surface area contributed by atoms with Crippen molar-refractivity contribution < 1.29 is 0 Å². The Morgan fingerprint density at radius 2 is 0.870 bits per heavy atom. The minimum atomic E-state index is 1.09. The van der Waals surface area contributed by atoms with E-state index < -0.39 is 0 Å². The zero-order valence-corrected chi connectivity index (χ0v) is 38.4. The average Bonchev–Trinajstić information content (AvgIpc) is 3.98. The van der Waals surface area contributed by atoms with Gasteiger partial charge in [-0.15, -0.1) is 11.3 Å². The highest BCUT2D eigenvalue weighted by Gasteiger charge is 2.24. The molecule has 14 rings (SSSR count). The third-order valence-electron chi connectivity index (χ3n) is 14.2. The van der Waals surface area contributed by atoms with Crippen LogP contribution in [0, 0.1) is 0 Å². The van der Waals surface area contributed by atoms with Crippen molar-refractivity contribution in [2.24, 2.45) is 0 Å². The molecule has 69 heavy (non-hydrogen) atoms. The summed E-state index contributed by atoms with van der Waals surface area (Å²) in [6.07, 6.45) is 0. The molecule has 322 valence electrons. The normalized spacial score (nSPS) is 11.8. The molecule has 14 aromatic rings. The highest BCUT2D eigenvalue weighted by atomic mass is 32.1. The fourth-order valence-corrected chi connectivity index (χ4v) is 12.2. The molecule has 0 saturated carbocycles. The van der Waals surface area contributed by atoms with Gasteiger partial charge in [0, 0.05) is 53.4 Å². The van der Waals surface area contributed by atoms with Crippen LogP contribution in [0.25, 0.3) is 113 Å². The van der Waals surface area contributed by atoms with E-state index in [1.54, 1.807) is 0 Å². The summed E-state index contributed by atoms with van der Waals surface area (Å²) in [4.78, 5) is 2.47. The lowest BCUT2D eigenvalue weighted by Crippen LogP contribution is -2.10. The molecule has 12 aromatic carbocycles. The minimum absolute atomic E-state index is 1.09. The van der Waals surface area contributed by atoms with Gasteiger partial charge in [0.1, 0.15) is 0 Å². The van der Waals surface area contributed by atoms with Gasteiger partial charge in [-0.2, -0.15) is 0 Å². The van der Waals surface area contributed by atoms with E-state index in [2.05, 4.69) is 264 Å². The number of hydrogen-bond acceptors (Lipinski definition) is 2. The lowest BCUT2D eigenvalue weighted by atomic mass is 9.93. The van der Waals surface area contributed by atoms with E-state index in [0.717, 1.165) is 17.1 Å². The van der Waals surface area contributed by atoms with Crippen LogP contribution in [0.4, 0.5) is 17.1 Å². The van der Waals surface area contributed by atoms with Crippen LogP contribution in [0.5, 0.6) is 0 Å². The molecule has 0 amide bonds. The molecule has 0 bridgehead atoms. The smallest absolute Gasteiger partial charge is 0.0555 e. The van der Waals surface area contributed by atoms with Gasteiger partial charge in [-0.1, -0.05) is 188 Å². The summed E-state index contributed by atoms with van der Waals surface area (Å²) in [7, 11) is 0. The minimum Gasteiger partial charge on any atom is -0.310 e. The molecule has 2 aromatic heterocycles. The van der Waals surface area contributed by atoms with E-state index in [0.29, 0.717) is 0 Å². The molecule has 0 unspecified atom stereocenters. The molecule has 0 saturated heterocycles. The lowest BCUT2D eigenvalue weighted by Gasteiger charge is -2.27. The quantitative estimate of drug-likeness (QED) is 0.145. The molecule has 0 fully saturated rings. The highest BCUT2D eigenvalue weighted by molar-refractivity contribution is 7.26. The van der Waals surface area contributed by atoms with Crippen molar-refractivity contribution in [1.29, 1.82) is 0 Å². The van der Waals surface area contributed by atoms with Crippen LogP contribution >= 0.6 is 11.3 Å². The summed E-state index contributed by atoms with van der Waals surface area (Å²) in [5.74, 6) is 0. The molecule has 2 nitrogen and oxygen atoms in total. The average molecular weight is 895 g/mol. The number of nitrogens with zero attached hydrogens (tertiary/aromatic N) is 2. The number of benzene rings is 12. The molecule has 0 atom stereocenters. The first-order valence-corrected chi connectivity index (χ1v) is 24.5. The summed E-state index contributed by atoms with van der Waals surface area (Å²) >= 11 is 1.88. The highest BCUT2D eigenvalue weighted by Crippen LogP contribution is 2.50. The Morgan fingerprint density at radius 1 is 0.319 bits per heavy atom. The van der Waals surface area contributed by atoms with Crippen LogP contribution in [-0.4, -0.2) is 4.57 Å². The number of aromatic nitrogens is 1. The Morgan fingerprint density at radius 3 is 1.61 bits per heavy atom. The summed E-state index contributed by atoms with van der Waals surface area (Å²) < 4.78 is 4.98.